The first-order chi connectivity index (χ1) is 12.7. The van der Waals surface area contributed by atoms with Crippen molar-refractivity contribution in [2.45, 2.75) is 17.7 Å². The first kappa shape index (κ1) is 18.8. The first-order valence-corrected chi connectivity index (χ1v) is 10.1. The molecule has 0 aliphatic carbocycles. The Bertz CT molecular complexity index is 1070. The van der Waals surface area contributed by atoms with E-state index >= 15 is 0 Å². The molecule has 1 aromatic heterocycles. The average molecular weight is 387 g/mol. The molecule has 0 spiro atoms. The fourth-order valence-corrected chi connectivity index (χ4v) is 3.47. The Morgan fingerprint density at radius 1 is 1.04 bits per heavy atom. The second-order valence-electron chi connectivity index (χ2n) is 6.28. The van der Waals surface area contributed by atoms with Crippen molar-refractivity contribution in [1.29, 1.82) is 0 Å². The highest BCUT2D eigenvalue weighted by Gasteiger charge is 2.14. The Kier molecular flexibility index (Phi) is 5.14. The van der Waals surface area contributed by atoms with Crippen LogP contribution in [0.4, 0.5) is 4.39 Å². The molecule has 2 aromatic carbocycles. The van der Waals surface area contributed by atoms with E-state index in [9.17, 15) is 17.6 Å². The summed E-state index contributed by atoms with van der Waals surface area (Å²) in [4.78, 5) is 14.3. The highest BCUT2D eigenvalue weighted by molar-refractivity contribution is 7.90. The van der Waals surface area contributed by atoms with E-state index in [1.54, 1.807) is 24.3 Å². The van der Waals surface area contributed by atoms with Crippen LogP contribution in [0.1, 0.15) is 12.1 Å². The van der Waals surface area contributed by atoms with Crippen molar-refractivity contribution in [2.75, 3.05) is 6.26 Å². The summed E-state index contributed by atoms with van der Waals surface area (Å²) in [5, 5.41) is 8.91. The zero-order chi connectivity index (χ0) is 19.6. The molecule has 140 valence electrons. The van der Waals surface area contributed by atoms with Gasteiger partial charge in [-0.3, -0.25) is 4.79 Å². The summed E-state index contributed by atoms with van der Waals surface area (Å²) in [6.45, 7) is 0. The summed E-state index contributed by atoms with van der Waals surface area (Å²) in [6.07, 6.45) is 1.45. The van der Waals surface area contributed by atoms with Crippen molar-refractivity contribution in [3.8, 4) is 22.4 Å². The Balaban J connectivity index is 2.06. The van der Waals surface area contributed by atoms with Gasteiger partial charge in [0.05, 0.1) is 17.0 Å². The minimum absolute atomic E-state index is 0.0180. The van der Waals surface area contributed by atoms with Crippen LogP contribution in [0, 0.1) is 5.82 Å². The molecule has 0 amide bonds. The molecule has 7 heteroatoms. The van der Waals surface area contributed by atoms with Crippen LogP contribution >= 0.6 is 0 Å². The number of carboxylic acid groups (broad SMARTS) is 1. The molecule has 0 radical (unpaired) electrons. The zero-order valence-corrected chi connectivity index (χ0v) is 15.4. The Labute approximate surface area is 156 Å². The van der Waals surface area contributed by atoms with Crippen LogP contribution in [-0.2, 0) is 21.1 Å². The van der Waals surface area contributed by atoms with Gasteiger partial charge in [0.15, 0.2) is 9.84 Å². The van der Waals surface area contributed by atoms with E-state index in [4.69, 9.17) is 5.11 Å². The molecule has 5 nitrogen and oxygen atoms in total. The van der Waals surface area contributed by atoms with Crippen LogP contribution in [0.5, 0.6) is 0 Å². The number of carboxylic acids is 1. The number of hydrogen-bond acceptors (Lipinski definition) is 3. The zero-order valence-electron chi connectivity index (χ0n) is 14.6. The van der Waals surface area contributed by atoms with Crippen molar-refractivity contribution in [1.82, 2.24) is 4.98 Å². The number of aromatic nitrogens is 1. The van der Waals surface area contributed by atoms with Crippen LogP contribution in [0.15, 0.2) is 59.5 Å². The van der Waals surface area contributed by atoms with Crippen LogP contribution in [0.25, 0.3) is 22.4 Å². The summed E-state index contributed by atoms with van der Waals surface area (Å²) in [6, 6.07) is 14.3. The van der Waals surface area contributed by atoms with Gasteiger partial charge < -0.3 is 10.1 Å². The maximum absolute atomic E-state index is 13.3. The van der Waals surface area contributed by atoms with E-state index in [-0.39, 0.29) is 17.1 Å². The van der Waals surface area contributed by atoms with E-state index in [0.29, 0.717) is 6.42 Å². The molecule has 0 fully saturated rings. The lowest BCUT2D eigenvalue weighted by Crippen LogP contribution is -1.97. The van der Waals surface area contributed by atoms with Crippen molar-refractivity contribution in [3.63, 3.8) is 0 Å². The molecule has 0 aliphatic heterocycles. The number of benzene rings is 2. The van der Waals surface area contributed by atoms with Crippen molar-refractivity contribution >= 4 is 15.8 Å². The standard InChI is InChI=1S/C20H18FNO4S/c1-27(25,26)17-9-4-14(5-10-17)20-18(13-2-6-15(21)7-3-13)12-16(22-20)8-11-19(23)24/h2-7,9-10,12,22H,8,11H2,1H3,(H,23,24). The number of halogens is 1. The largest absolute Gasteiger partial charge is 0.481 e. The molecular formula is C20H18FNO4S. The molecule has 3 aromatic rings. The first-order valence-electron chi connectivity index (χ1n) is 8.24. The third-order valence-electron chi connectivity index (χ3n) is 4.21. The third kappa shape index (κ3) is 4.43. The topological polar surface area (TPSA) is 87.2 Å². The molecule has 3 rings (SSSR count). The van der Waals surface area contributed by atoms with Gasteiger partial charge in [-0.05, 0) is 47.9 Å². The number of sulfone groups is 1. The Morgan fingerprint density at radius 3 is 2.19 bits per heavy atom. The normalized spacial score (nSPS) is 11.5. The Hall–Kier alpha value is -2.93. The number of aromatic amines is 1. The fraction of sp³-hybridized carbons (Fsp3) is 0.150. The summed E-state index contributed by atoms with van der Waals surface area (Å²) in [7, 11) is -3.30. The lowest BCUT2D eigenvalue weighted by molar-refractivity contribution is -0.136. The van der Waals surface area contributed by atoms with Crippen molar-refractivity contribution in [3.05, 3.63) is 66.1 Å². The van der Waals surface area contributed by atoms with Gasteiger partial charge in [0, 0.05) is 17.5 Å². The monoisotopic (exact) mass is 387 g/mol. The number of rotatable bonds is 6. The maximum Gasteiger partial charge on any atom is 0.303 e. The molecule has 2 N–H and O–H groups in total. The summed E-state index contributed by atoms with van der Waals surface area (Å²) in [5.41, 5.74) is 3.78. The lowest BCUT2D eigenvalue weighted by atomic mass is 10.0. The molecule has 0 aliphatic rings. The van der Waals surface area contributed by atoms with Gasteiger partial charge in [0.2, 0.25) is 0 Å². The van der Waals surface area contributed by atoms with Crippen molar-refractivity contribution < 1.29 is 22.7 Å². The maximum atomic E-state index is 13.3. The molecule has 0 saturated carbocycles. The van der Waals surface area contributed by atoms with Gasteiger partial charge >= 0.3 is 5.97 Å². The average Bonchev–Trinajstić information content (AvgIpc) is 3.04. The summed E-state index contributed by atoms with van der Waals surface area (Å²) in [5.74, 6) is -1.24. The predicted octanol–water partition coefficient (Wildman–Crippen LogP) is 3.91. The second kappa shape index (κ2) is 7.36. The minimum atomic E-state index is -3.30. The van der Waals surface area contributed by atoms with Gasteiger partial charge in [0.1, 0.15) is 5.82 Å². The number of hydrogen-bond donors (Lipinski definition) is 2. The van der Waals surface area contributed by atoms with E-state index in [2.05, 4.69) is 4.98 Å². The minimum Gasteiger partial charge on any atom is -0.481 e. The molecule has 27 heavy (non-hydrogen) atoms. The number of nitrogens with one attached hydrogen (secondary N) is 1. The van der Waals surface area contributed by atoms with E-state index < -0.39 is 15.8 Å². The molecule has 0 bridgehead atoms. The van der Waals surface area contributed by atoms with Gasteiger partial charge in [0.25, 0.3) is 0 Å². The molecule has 0 unspecified atom stereocenters. The third-order valence-corrected chi connectivity index (χ3v) is 5.34. The number of carbonyl (C=O) groups is 1. The second-order valence-corrected chi connectivity index (χ2v) is 8.30. The number of aryl methyl sites for hydroxylation is 1. The van der Waals surface area contributed by atoms with E-state index in [1.165, 1.54) is 24.3 Å². The lowest BCUT2D eigenvalue weighted by Gasteiger charge is -2.06. The molecule has 0 saturated heterocycles. The number of aliphatic carboxylic acids is 1. The molecule has 1 heterocycles. The van der Waals surface area contributed by atoms with E-state index in [1.807, 2.05) is 6.07 Å². The predicted molar refractivity (Wildman–Crippen MR) is 101 cm³/mol. The van der Waals surface area contributed by atoms with Gasteiger partial charge in [-0.2, -0.15) is 0 Å². The van der Waals surface area contributed by atoms with Gasteiger partial charge in [-0.15, -0.1) is 0 Å². The number of H-pyrrole nitrogens is 1. The Morgan fingerprint density at radius 2 is 1.63 bits per heavy atom. The molecular weight excluding hydrogens is 369 g/mol. The fourth-order valence-electron chi connectivity index (χ4n) is 2.84. The van der Waals surface area contributed by atoms with E-state index in [0.717, 1.165) is 34.3 Å². The van der Waals surface area contributed by atoms with Crippen LogP contribution in [0.3, 0.4) is 0 Å². The molecule has 0 atom stereocenters. The van der Waals surface area contributed by atoms with Crippen LogP contribution in [0.2, 0.25) is 0 Å². The smallest absolute Gasteiger partial charge is 0.303 e. The van der Waals surface area contributed by atoms with Gasteiger partial charge in [-0.25, -0.2) is 12.8 Å². The SMILES string of the molecule is CS(=O)(=O)c1ccc(-c2[nH]c(CCC(=O)O)cc2-c2ccc(F)cc2)cc1. The summed E-state index contributed by atoms with van der Waals surface area (Å²) < 4.78 is 36.6. The highest BCUT2D eigenvalue weighted by atomic mass is 32.2. The highest BCUT2D eigenvalue weighted by Crippen LogP contribution is 2.33. The van der Waals surface area contributed by atoms with Crippen LogP contribution < -0.4 is 0 Å². The summed E-state index contributed by atoms with van der Waals surface area (Å²) >= 11 is 0. The van der Waals surface area contributed by atoms with Gasteiger partial charge in [-0.1, -0.05) is 24.3 Å². The van der Waals surface area contributed by atoms with Crippen molar-refractivity contribution in [2.24, 2.45) is 0 Å². The van der Waals surface area contributed by atoms with Crippen LogP contribution in [-0.4, -0.2) is 30.7 Å². The quantitative estimate of drug-likeness (QED) is 0.671.